The molecule has 106 valence electrons. The third-order valence-electron chi connectivity index (χ3n) is 2.92. The molecule has 0 fully saturated rings. The SMILES string of the molecule is CCOC(=O)C1SC(c2ccc(O)c(C=O)c2)=NC1C. The molecule has 6 heteroatoms. The van der Waals surface area contributed by atoms with Crippen LogP contribution >= 0.6 is 11.8 Å². The van der Waals surface area contributed by atoms with Crippen molar-refractivity contribution in [3.63, 3.8) is 0 Å². The van der Waals surface area contributed by atoms with Gasteiger partial charge in [-0.1, -0.05) is 11.8 Å². The van der Waals surface area contributed by atoms with Crippen molar-refractivity contribution in [3.8, 4) is 5.75 Å². The fraction of sp³-hybridized carbons (Fsp3) is 0.357. The summed E-state index contributed by atoms with van der Waals surface area (Å²) in [5.74, 6) is -0.347. The van der Waals surface area contributed by atoms with Crippen molar-refractivity contribution in [1.29, 1.82) is 0 Å². The van der Waals surface area contributed by atoms with Crippen LogP contribution in [0.5, 0.6) is 5.75 Å². The molecule has 0 radical (unpaired) electrons. The van der Waals surface area contributed by atoms with Gasteiger partial charge in [-0.2, -0.15) is 0 Å². The highest BCUT2D eigenvalue weighted by Crippen LogP contribution is 2.32. The van der Waals surface area contributed by atoms with E-state index in [0.29, 0.717) is 23.5 Å². The van der Waals surface area contributed by atoms with Crippen molar-refractivity contribution >= 4 is 29.1 Å². The highest BCUT2D eigenvalue weighted by Gasteiger charge is 2.34. The van der Waals surface area contributed by atoms with Crippen LogP contribution in [0.25, 0.3) is 0 Å². The maximum atomic E-state index is 11.8. The number of rotatable bonds is 4. The number of hydrogen-bond donors (Lipinski definition) is 1. The summed E-state index contributed by atoms with van der Waals surface area (Å²) < 4.78 is 5.02. The lowest BCUT2D eigenvalue weighted by Crippen LogP contribution is -2.26. The lowest BCUT2D eigenvalue weighted by atomic mass is 10.1. The Labute approximate surface area is 121 Å². The highest BCUT2D eigenvalue weighted by atomic mass is 32.2. The molecule has 0 spiro atoms. The zero-order valence-electron chi connectivity index (χ0n) is 11.2. The molecule has 5 nitrogen and oxygen atoms in total. The lowest BCUT2D eigenvalue weighted by molar-refractivity contribution is -0.142. The number of aldehydes is 1. The van der Waals surface area contributed by atoms with Gasteiger partial charge >= 0.3 is 5.97 Å². The molecule has 2 unspecified atom stereocenters. The van der Waals surface area contributed by atoms with E-state index in [0.717, 1.165) is 0 Å². The molecule has 1 aliphatic rings. The monoisotopic (exact) mass is 293 g/mol. The number of phenolic OH excluding ortho intramolecular Hbond substituents is 1. The number of esters is 1. The number of nitrogens with zero attached hydrogens (tertiary/aromatic N) is 1. The highest BCUT2D eigenvalue weighted by molar-refractivity contribution is 8.15. The molecule has 2 rings (SSSR count). The fourth-order valence-electron chi connectivity index (χ4n) is 1.90. The van der Waals surface area contributed by atoms with E-state index in [4.69, 9.17) is 4.74 Å². The molecule has 1 heterocycles. The number of ether oxygens (including phenoxy) is 1. The largest absolute Gasteiger partial charge is 0.507 e. The average molecular weight is 293 g/mol. The van der Waals surface area contributed by atoms with Gasteiger partial charge in [-0.15, -0.1) is 0 Å². The number of phenols is 1. The number of carbonyl (C=O) groups excluding carboxylic acids is 2. The van der Waals surface area contributed by atoms with Gasteiger partial charge in [0.25, 0.3) is 0 Å². The van der Waals surface area contributed by atoms with E-state index in [1.807, 2.05) is 6.92 Å². The summed E-state index contributed by atoms with van der Waals surface area (Å²) in [7, 11) is 0. The zero-order chi connectivity index (χ0) is 14.7. The minimum atomic E-state index is -0.363. The van der Waals surface area contributed by atoms with Gasteiger partial charge in [-0.05, 0) is 32.0 Å². The Kier molecular flexibility index (Phi) is 4.44. The summed E-state index contributed by atoms with van der Waals surface area (Å²) in [6, 6.07) is 4.51. The molecule has 0 bridgehead atoms. The number of aromatic hydroxyl groups is 1. The lowest BCUT2D eigenvalue weighted by Gasteiger charge is -2.11. The normalized spacial score (nSPS) is 21.4. The summed E-state index contributed by atoms with van der Waals surface area (Å²) >= 11 is 1.32. The van der Waals surface area contributed by atoms with Gasteiger partial charge in [0.2, 0.25) is 0 Å². The second-order valence-corrected chi connectivity index (χ2v) is 5.49. The first-order valence-corrected chi connectivity index (χ1v) is 7.14. The number of benzene rings is 1. The van der Waals surface area contributed by atoms with Crippen LogP contribution in [0.2, 0.25) is 0 Å². The van der Waals surface area contributed by atoms with Crippen molar-refractivity contribution < 1.29 is 19.4 Å². The van der Waals surface area contributed by atoms with Crippen molar-refractivity contribution in [2.45, 2.75) is 25.1 Å². The predicted octanol–water partition coefficient (Wildman–Crippen LogP) is 2.02. The molecule has 1 aromatic carbocycles. The molecule has 1 aromatic rings. The fourth-order valence-corrected chi connectivity index (χ4v) is 3.05. The molecule has 1 aliphatic heterocycles. The number of aliphatic imine (C=N–C) groups is 1. The van der Waals surface area contributed by atoms with E-state index < -0.39 is 0 Å². The molecule has 0 aliphatic carbocycles. The Balaban J connectivity index is 2.21. The smallest absolute Gasteiger partial charge is 0.321 e. The van der Waals surface area contributed by atoms with Crippen LogP contribution in [0.1, 0.15) is 29.8 Å². The molecule has 0 aromatic heterocycles. The van der Waals surface area contributed by atoms with Crippen LogP contribution in [0, 0.1) is 0 Å². The van der Waals surface area contributed by atoms with Crippen molar-refractivity contribution in [1.82, 2.24) is 0 Å². The Bertz CT molecular complexity index is 570. The topological polar surface area (TPSA) is 76.0 Å². The van der Waals surface area contributed by atoms with Gasteiger partial charge in [0.15, 0.2) is 6.29 Å². The predicted molar refractivity (Wildman–Crippen MR) is 77.5 cm³/mol. The van der Waals surface area contributed by atoms with E-state index in [9.17, 15) is 14.7 Å². The molecule has 2 atom stereocenters. The van der Waals surface area contributed by atoms with E-state index in [1.165, 1.54) is 17.8 Å². The Hall–Kier alpha value is -1.82. The van der Waals surface area contributed by atoms with Gasteiger partial charge in [0.1, 0.15) is 11.0 Å². The van der Waals surface area contributed by atoms with E-state index in [2.05, 4.69) is 4.99 Å². The first-order chi connectivity index (χ1) is 9.56. The number of thioether (sulfide) groups is 1. The maximum absolute atomic E-state index is 11.8. The molecule has 20 heavy (non-hydrogen) atoms. The van der Waals surface area contributed by atoms with Crippen LogP contribution in [0.4, 0.5) is 0 Å². The third-order valence-corrected chi connectivity index (χ3v) is 4.32. The third kappa shape index (κ3) is 2.85. The molecule has 0 saturated heterocycles. The summed E-state index contributed by atoms with van der Waals surface area (Å²) in [5, 5.41) is 9.80. The average Bonchev–Trinajstić information content (AvgIpc) is 2.82. The van der Waals surface area contributed by atoms with Crippen LogP contribution in [-0.2, 0) is 9.53 Å². The van der Waals surface area contributed by atoms with Gasteiger partial charge in [0.05, 0.1) is 23.3 Å². The van der Waals surface area contributed by atoms with Crippen molar-refractivity contribution in [2.24, 2.45) is 4.99 Å². The minimum Gasteiger partial charge on any atom is -0.507 e. The number of hydrogen-bond acceptors (Lipinski definition) is 6. The van der Waals surface area contributed by atoms with E-state index >= 15 is 0 Å². The first-order valence-electron chi connectivity index (χ1n) is 6.26. The van der Waals surface area contributed by atoms with E-state index in [1.54, 1.807) is 19.1 Å². The molecular weight excluding hydrogens is 278 g/mol. The van der Waals surface area contributed by atoms with Crippen LogP contribution in [0.3, 0.4) is 0 Å². The molecular formula is C14H15NO4S. The molecule has 0 saturated carbocycles. The second kappa shape index (κ2) is 6.09. The standard InChI is InChI=1S/C14H15NO4S/c1-3-19-14(18)12-8(2)15-13(20-12)9-4-5-11(17)10(6-9)7-16/h4-8,12,17H,3H2,1-2H3. The van der Waals surface area contributed by atoms with Crippen LogP contribution in [-0.4, -0.2) is 40.3 Å². The summed E-state index contributed by atoms with van der Waals surface area (Å²) in [5.41, 5.74) is 0.923. The van der Waals surface area contributed by atoms with Crippen molar-refractivity contribution in [2.75, 3.05) is 6.61 Å². The quantitative estimate of drug-likeness (QED) is 0.679. The maximum Gasteiger partial charge on any atom is 0.321 e. The van der Waals surface area contributed by atoms with Gasteiger partial charge < -0.3 is 9.84 Å². The molecule has 0 amide bonds. The van der Waals surface area contributed by atoms with Gasteiger partial charge in [-0.3, -0.25) is 14.6 Å². The summed E-state index contributed by atoms with van der Waals surface area (Å²) in [6.45, 7) is 3.95. The Morgan fingerprint density at radius 2 is 2.30 bits per heavy atom. The molecule has 1 N–H and O–H groups in total. The van der Waals surface area contributed by atoms with Crippen LogP contribution < -0.4 is 0 Å². The first kappa shape index (κ1) is 14.6. The van der Waals surface area contributed by atoms with Crippen LogP contribution in [0.15, 0.2) is 23.2 Å². The Morgan fingerprint density at radius 1 is 1.55 bits per heavy atom. The van der Waals surface area contributed by atoms with Crippen molar-refractivity contribution in [3.05, 3.63) is 29.3 Å². The Morgan fingerprint density at radius 3 is 2.95 bits per heavy atom. The summed E-state index contributed by atoms with van der Waals surface area (Å²) in [6.07, 6.45) is 0.589. The van der Waals surface area contributed by atoms with E-state index in [-0.39, 0.29) is 28.6 Å². The second-order valence-electron chi connectivity index (χ2n) is 4.36. The minimum absolute atomic E-state index is 0.0673. The summed E-state index contributed by atoms with van der Waals surface area (Å²) in [4.78, 5) is 27.1. The zero-order valence-corrected chi connectivity index (χ0v) is 12.0. The van der Waals surface area contributed by atoms with Gasteiger partial charge in [-0.25, -0.2) is 0 Å². The number of carbonyl (C=O) groups is 2. The van der Waals surface area contributed by atoms with Gasteiger partial charge in [0, 0.05) is 5.56 Å².